The number of H-pyrrole nitrogens is 1. The number of aromatic amines is 1. The van der Waals surface area contributed by atoms with Gasteiger partial charge >= 0.3 is 0 Å². The Morgan fingerprint density at radius 2 is 2.06 bits per heavy atom. The normalized spacial score (nSPS) is 18.7. The molecule has 18 heavy (non-hydrogen) atoms. The largest absolute Gasteiger partial charge is 0.337 e. The van der Waals surface area contributed by atoms with E-state index in [1.54, 1.807) is 17.0 Å². The van der Waals surface area contributed by atoms with Crippen LogP contribution in [0.3, 0.4) is 0 Å². The summed E-state index contributed by atoms with van der Waals surface area (Å²) in [5.74, 6) is -0.0918. The summed E-state index contributed by atoms with van der Waals surface area (Å²) >= 11 is 0. The summed E-state index contributed by atoms with van der Waals surface area (Å²) in [6.45, 7) is 3.60. The van der Waals surface area contributed by atoms with E-state index >= 15 is 0 Å². The van der Waals surface area contributed by atoms with E-state index < -0.39 is 0 Å². The van der Waals surface area contributed by atoms with Crippen LogP contribution < -0.4 is 10.9 Å². The number of amides is 1. The Kier molecular flexibility index (Phi) is 3.52. The maximum atomic E-state index is 12.2. The molecule has 5 nitrogen and oxygen atoms in total. The highest BCUT2D eigenvalue weighted by Crippen LogP contribution is 2.21. The third kappa shape index (κ3) is 2.61. The van der Waals surface area contributed by atoms with Gasteiger partial charge in [-0.25, -0.2) is 0 Å². The lowest BCUT2D eigenvalue weighted by atomic mass is 9.90. The van der Waals surface area contributed by atoms with Crippen molar-refractivity contribution in [2.24, 2.45) is 0 Å². The minimum atomic E-state index is -0.238. The lowest BCUT2D eigenvalue weighted by Crippen LogP contribution is -2.51. The van der Waals surface area contributed by atoms with E-state index in [0.717, 1.165) is 12.8 Å². The molecule has 0 atom stereocenters. The van der Waals surface area contributed by atoms with Crippen molar-refractivity contribution in [3.05, 3.63) is 34.2 Å². The Balaban J connectivity index is 2.06. The summed E-state index contributed by atoms with van der Waals surface area (Å²) < 4.78 is 0. The molecule has 1 aliphatic rings. The lowest BCUT2D eigenvalue weighted by molar-refractivity contribution is 0.0655. The van der Waals surface area contributed by atoms with Crippen molar-refractivity contribution in [2.45, 2.75) is 25.3 Å². The maximum Gasteiger partial charge on any atom is 0.270 e. The van der Waals surface area contributed by atoms with Crippen molar-refractivity contribution in [1.82, 2.24) is 15.2 Å². The Hall–Kier alpha value is -1.62. The molecule has 2 heterocycles. The number of pyridine rings is 1. The van der Waals surface area contributed by atoms with Crippen LogP contribution in [0.2, 0.25) is 0 Å². The quantitative estimate of drug-likeness (QED) is 0.806. The average Bonchev–Trinajstić information content (AvgIpc) is 2.39. The predicted molar refractivity (Wildman–Crippen MR) is 69.7 cm³/mol. The van der Waals surface area contributed by atoms with Crippen molar-refractivity contribution < 1.29 is 4.79 Å². The van der Waals surface area contributed by atoms with E-state index in [0.29, 0.717) is 18.8 Å². The third-order valence-electron chi connectivity index (χ3n) is 3.76. The maximum absolute atomic E-state index is 12.2. The molecule has 1 saturated heterocycles. The number of carbonyl (C=O) groups excluding carboxylic acids is 1. The van der Waals surface area contributed by atoms with Crippen LogP contribution in [0.4, 0.5) is 0 Å². The van der Waals surface area contributed by atoms with Crippen molar-refractivity contribution in [3.8, 4) is 0 Å². The highest BCUT2D eigenvalue weighted by Gasteiger charge is 2.30. The molecule has 1 fully saturated rings. The molecule has 98 valence electrons. The van der Waals surface area contributed by atoms with E-state index in [4.69, 9.17) is 0 Å². The second-order valence-electron chi connectivity index (χ2n) is 5.03. The highest BCUT2D eigenvalue weighted by atomic mass is 16.2. The first-order chi connectivity index (χ1) is 8.54. The number of hydrogen-bond acceptors (Lipinski definition) is 3. The molecule has 2 rings (SSSR count). The third-order valence-corrected chi connectivity index (χ3v) is 3.76. The van der Waals surface area contributed by atoms with Gasteiger partial charge in [-0.15, -0.1) is 0 Å². The fraction of sp³-hybridized carbons (Fsp3) is 0.538. The predicted octanol–water partition coefficient (Wildman–Crippen LogP) is 0.589. The van der Waals surface area contributed by atoms with Crippen LogP contribution in [0, 0.1) is 0 Å². The van der Waals surface area contributed by atoms with Gasteiger partial charge in [0.1, 0.15) is 5.69 Å². The number of hydrogen-bond donors (Lipinski definition) is 2. The highest BCUT2D eigenvalue weighted by molar-refractivity contribution is 5.92. The Morgan fingerprint density at radius 1 is 1.39 bits per heavy atom. The molecule has 0 bridgehead atoms. The van der Waals surface area contributed by atoms with Crippen molar-refractivity contribution >= 4 is 5.91 Å². The molecule has 1 aromatic rings. The minimum absolute atomic E-state index is 0.0918. The molecule has 1 aromatic heterocycles. The molecule has 5 heteroatoms. The molecule has 2 N–H and O–H groups in total. The Labute approximate surface area is 106 Å². The number of nitrogens with one attached hydrogen (secondary N) is 2. The Morgan fingerprint density at radius 3 is 2.61 bits per heavy atom. The topological polar surface area (TPSA) is 65.2 Å². The first kappa shape index (κ1) is 12.8. The summed E-state index contributed by atoms with van der Waals surface area (Å²) in [5, 5.41) is 3.29. The summed E-state index contributed by atoms with van der Waals surface area (Å²) in [5.41, 5.74) is 0.245. The van der Waals surface area contributed by atoms with Gasteiger partial charge in [0.05, 0.1) is 0 Å². The van der Waals surface area contributed by atoms with Gasteiger partial charge in [-0.05, 0) is 32.9 Å². The zero-order valence-electron chi connectivity index (χ0n) is 10.8. The standard InChI is InChI=1S/C13H19N3O2/c1-13(14-2)6-8-16(9-7-13)12(18)10-4-3-5-11(17)15-10/h3-5,14H,6-9H2,1-2H3,(H,15,17). The molecule has 0 aliphatic carbocycles. The smallest absolute Gasteiger partial charge is 0.270 e. The molecule has 0 radical (unpaired) electrons. The van der Waals surface area contributed by atoms with Crippen LogP contribution in [-0.4, -0.2) is 41.5 Å². The van der Waals surface area contributed by atoms with E-state index in [-0.39, 0.29) is 17.0 Å². The number of likely N-dealkylation sites (tertiary alicyclic amines) is 1. The van der Waals surface area contributed by atoms with Gasteiger partial charge in [-0.2, -0.15) is 0 Å². The Bertz CT molecular complexity index is 487. The van der Waals surface area contributed by atoms with E-state index in [9.17, 15) is 9.59 Å². The van der Waals surface area contributed by atoms with Crippen LogP contribution >= 0.6 is 0 Å². The van der Waals surface area contributed by atoms with Crippen molar-refractivity contribution in [3.63, 3.8) is 0 Å². The number of aromatic nitrogens is 1. The summed E-state index contributed by atoms with van der Waals surface area (Å²) in [6.07, 6.45) is 1.85. The SMILES string of the molecule is CNC1(C)CCN(C(=O)c2cccc(=O)[nH]2)CC1. The monoisotopic (exact) mass is 249 g/mol. The summed E-state index contributed by atoms with van der Waals surface area (Å²) in [6, 6.07) is 4.66. The zero-order valence-corrected chi connectivity index (χ0v) is 10.8. The van der Waals surface area contributed by atoms with Gasteiger partial charge in [0, 0.05) is 24.7 Å². The molecular formula is C13H19N3O2. The van der Waals surface area contributed by atoms with E-state index in [1.165, 1.54) is 6.07 Å². The van der Waals surface area contributed by atoms with E-state index in [1.807, 2.05) is 7.05 Å². The second-order valence-corrected chi connectivity index (χ2v) is 5.03. The second kappa shape index (κ2) is 4.94. The molecule has 0 spiro atoms. The number of carbonyl (C=O) groups is 1. The molecular weight excluding hydrogens is 230 g/mol. The zero-order chi connectivity index (χ0) is 13.2. The number of piperidine rings is 1. The van der Waals surface area contributed by atoms with Crippen LogP contribution in [0.15, 0.2) is 23.0 Å². The van der Waals surface area contributed by atoms with Gasteiger partial charge in [0.2, 0.25) is 5.56 Å². The van der Waals surface area contributed by atoms with Gasteiger partial charge < -0.3 is 15.2 Å². The summed E-state index contributed by atoms with van der Waals surface area (Å²) in [7, 11) is 1.95. The average molecular weight is 249 g/mol. The first-order valence-electron chi connectivity index (χ1n) is 6.22. The number of nitrogens with zero attached hydrogens (tertiary/aromatic N) is 1. The van der Waals surface area contributed by atoms with Crippen LogP contribution in [-0.2, 0) is 0 Å². The van der Waals surface area contributed by atoms with Gasteiger partial charge in [0.15, 0.2) is 0 Å². The van der Waals surface area contributed by atoms with Crippen LogP contribution in [0.1, 0.15) is 30.3 Å². The minimum Gasteiger partial charge on any atom is -0.337 e. The van der Waals surface area contributed by atoms with Crippen molar-refractivity contribution in [1.29, 1.82) is 0 Å². The fourth-order valence-electron chi connectivity index (χ4n) is 2.20. The van der Waals surface area contributed by atoms with E-state index in [2.05, 4.69) is 17.2 Å². The molecule has 0 unspecified atom stereocenters. The van der Waals surface area contributed by atoms with Gasteiger partial charge in [0.25, 0.3) is 5.91 Å². The number of rotatable bonds is 2. The van der Waals surface area contributed by atoms with Gasteiger partial charge in [-0.1, -0.05) is 6.07 Å². The molecule has 1 amide bonds. The summed E-state index contributed by atoms with van der Waals surface area (Å²) in [4.78, 5) is 27.7. The van der Waals surface area contributed by atoms with Crippen LogP contribution in [0.25, 0.3) is 0 Å². The molecule has 1 aliphatic heterocycles. The van der Waals surface area contributed by atoms with Crippen molar-refractivity contribution in [2.75, 3.05) is 20.1 Å². The fourth-order valence-corrected chi connectivity index (χ4v) is 2.20. The molecule has 0 saturated carbocycles. The van der Waals surface area contributed by atoms with Gasteiger partial charge in [-0.3, -0.25) is 9.59 Å². The molecule has 0 aromatic carbocycles. The first-order valence-corrected chi connectivity index (χ1v) is 6.22. The lowest BCUT2D eigenvalue weighted by Gasteiger charge is -2.39. The van der Waals surface area contributed by atoms with Crippen LogP contribution in [0.5, 0.6) is 0 Å².